The summed E-state index contributed by atoms with van der Waals surface area (Å²) in [6.45, 7) is 2.41. The molecule has 2 rings (SSSR count). The Hall–Kier alpha value is -2.75. The Morgan fingerprint density at radius 1 is 1.15 bits per heavy atom. The van der Waals surface area contributed by atoms with Crippen LogP contribution in [0.4, 0.5) is 5.00 Å². The van der Waals surface area contributed by atoms with E-state index in [2.05, 4.69) is 5.32 Å². The average Bonchev–Trinajstić information content (AvgIpc) is 3.05. The number of thiophene rings is 1. The molecule has 1 aromatic rings. The van der Waals surface area contributed by atoms with E-state index in [1.807, 2.05) is 0 Å². The fourth-order valence-corrected chi connectivity index (χ4v) is 3.41. The van der Waals surface area contributed by atoms with Gasteiger partial charge in [0.1, 0.15) is 11.5 Å². The molecule has 0 saturated carbocycles. The number of ether oxygens (including phenoxy) is 2. The van der Waals surface area contributed by atoms with Crippen LogP contribution < -0.4 is 5.32 Å². The number of hydrogen-bond donors (Lipinski definition) is 1. The zero-order chi connectivity index (χ0) is 19.4. The largest absolute Gasteiger partial charge is 0.465 e. The molecule has 1 fully saturated rings. The van der Waals surface area contributed by atoms with Crippen molar-refractivity contribution in [1.29, 1.82) is 0 Å². The molecule has 0 bridgehead atoms. The summed E-state index contributed by atoms with van der Waals surface area (Å²) in [4.78, 5) is 60.1. The van der Waals surface area contributed by atoms with E-state index in [1.165, 1.54) is 18.4 Å². The molecule has 2 heterocycles. The van der Waals surface area contributed by atoms with Crippen molar-refractivity contribution in [2.24, 2.45) is 0 Å². The third-order valence-corrected chi connectivity index (χ3v) is 4.96. The van der Waals surface area contributed by atoms with Crippen molar-refractivity contribution in [2.45, 2.75) is 26.7 Å². The summed E-state index contributed by atoms with van der Waals surface area (Å²) in [5, 5.41) is 2.81. The molecule has 3 amide bonds. The lowest BCUT2D eigenvalue weighted by atomic mass is 10.1. The molecule has 0 atom stereocenters. The van der Waals surface area contributed by atoms with Crippen LogP contribution in [0.3, 0.4) is 0 Å². The first-order chi connectivity index (χ1) is 12.2. The van der Waals surface area contributed by atoms with Gasteiger partial charge in [-0.1, -0.05) is 0 Å². The maximum absolute atomic E-state index is 12.0. The number of likely N-dealkylation sites (tertiary alicyclic amines) is 1. The van der Waals surface area contributed by atoms with Gasteiger partial charge in [0.2, 0.25) is 11.8 Å². The number of carbonyl (C=O) groups excluding carboxylic acids is 5. The maximum atomic E-state index is 12.0. The number of esters is 2. The number of methoxy groups -OCH3 is 1. The van der Waals surface area contributed by atoms with Gasteiger partial charge in [-0.05, 0) is 19.4 Å². The van der Waals surface area contributed by atoms with Crippen molar-refractivity contribution >= 4 is 46.0 Å². The Balaban J connectivity index is 1.92. The molecule has 0 aromatic carbocycles. The van der Waals surface area contributed by atoms with Gasteiger partial charge < -0.3 is 14.8 Å². The van der Waals surface area contributed by atoms with Gasteiger partial charge in [0.05, 0.1) is 12.7 Å². The van der Waals surface area contributed by atoms with Gasteiger partial charge in [-0.3, -0.25) is 24.1 Å². The van der Waals surface area contributed by atoms with Crippen molar-refractivity contribution in [3.05, 3.63) is 16.0 Å². The Kier molecular flexibility index (Phi) is 6.09. The monoisotopic (exact) mass is 382 g/mol. The minimum atomic E-state index is -0.865. The molecule has 1 aliphatic rings. The second-order valence-corrected chi connectivity index (χ2v) is 6.79. The highest BCUT2D eigenvalue weighted by molar-refractivity contribution is 7.16. The van der Waals surface area contributed by atoms with Crippen LogP contribution >= 0.6 is 11.3 Å². The number of nitrogens with one attached hydrogen (secondary N) is 1. The van der Waals surface area contributed by atoms with E-state index < -0.39 is 42.8 Å². The van der Waals surface area contributed by atoms with Crippen molar-refractivity contribution < 1.29 is 33.4 Å². The summed E-state index contributed by atoms with van der Waals surface area (Å²) in [7, 11) is 1.24. The van der Waals surface area contributed by atoms with Gasteiger partial charge >= 0.3 is 11.9 Å². The molecule has 10 heteroatoms. The Bertz CT molecular complexity index is 768. The normalized spacial score (nSPS) is 13.7. The summed E-state index contributed by atoms with van der Waals surface area (Å²) in [6.07, 6.45) is 0.139. The van der Waals surface area contributed by atoms with Gasteiger partial charge in [-0.25, -0.2) is 4.79 Å². The molecule has 26 heavy (non-hydrogen) atoms. The Morgan fingerprint density at radius 2 is 1.77 bits per heavy atom. The SMILES string of the molecule is COC(=O)c1c(NC(=O)COC(=O)CN2C(=O)CCC2=O)sc(C)c1C. The van der Waals surface area contributed by atoms with Crippen molar-refractivity contribution in [2.75, 3.05) is 25.6 Å². The topological polar surface area (TPSA) is 119 Å². The van der Waals surface area contributed by atoms with Crippen LogP contribution in [0.15, 0.2) is 0 Å². The molecule has 140 valence electrons. The fraction of sp³-hybridized carbons (Fsp3) is 0.438. The van der Waals surface area contributed by atoms with E-state index >= 15 is 0 Å². The highest BCUT2D eigenvalue weighted by Gasteiger charge is 2.31. The molecule has 0 aliphatic carbocycles. The lowest BCUT2D eigenvalue weighted by Crippen LogP contribution is -2.36. The number of aryl methyl sites for hydroxylation is 1. The first-order valence-corrected chi connectivity index (χ1v) is 8.53. The predicted molar refractivity (Wildman–Crippen MR) is 90.7 cm³/mol. The fourth-order valence-electron chi connectivity index (χ4n) is 2.35. The second-order valence-electron chi connectivity index (χ2n) is 5.56. The summed E-state index contributed by atoms with van der Waals surface area (Å²) in [5.41, 5.74) is 0.947. The summed E-state index contributed by atoms with van der Waals surface area (Å²) >= 11 is 1.20. The zero-order valence-electron chi connectivity index (χ0n) is 14.5. The number of amides is 3. The van der Waals surface area contributed by atoms with Crippen molar-refractivity contribution in [3.8, 4) is 0 Å². The maximum Gasteiger partial charge on any atom is 0.341 e. The van der Waals surface area contributed by atoms with Gasteiger partial charge in [0.25, 0.3) is 5.91 Å². The number of imide groups is 1. The predicted octanol–water partition coefficient (Wildman–Crippen LogP) is 0.782. The highest BCUT2D eigenvalue weighted by atomic mass is 32.1. The quantitative estimate of drug-likeness (QED) is 0.570. The van der Waals surface area contributed by atoms with Crippen LogP contribution in [0, 0.1) is 13.8 Å². The molecule has 9 nitrogen and oxygen atoms in total. The van der Waals surface area contributed by atoms with E-state index in [9.17, 15) is 24.0 Å². The van der Waals surface area contributed by atoms with Crippen LogP contribution in [0.1, 0.15) is 33.6 Å². The molecule has 0 spiro atoms. The lowest BCUT2D eigenvalue weighted by Gasteiger charge is -2.12. The Labute approximate surface area is 153 Å². The van der Waals surface area contributed by atoms with Gasteiger partial charge in [-0.2, -0.15) is 0 Å². The number of anilines is 1. The van der Waals surface area contributed by atoms with Gasteiger partial charge in [-0.15, -0.1) is 11.3 Å². The smallest absolute Gasteiger partial charge is 0.341 e. The third kappa shape index (κ3) is 4.26. The minimum absolute atomic E-state index is 0.0694. The van der Waals surface area contributed by atoms with E-state index in [-0.39, 0.29) is 18.4 Å². The van der Waals surface area contributed by atoms with Crippen LogP contribution in [-0.2, 0) is 28.7 Å². The zero-order valence-corrected chi connectivity index (χ0v) is 15.4. The van der Waals surface area contributed by atoms with Crippen LogP contribution in [0.2, 0.25) is 0 Å². The molecule has 1 N–H and O–H groups in total. The van der Waals surface area contributed by atoms with E-state index in [1.54, 1.807) is 13.8 Å². The van der Waals surface area contributed by atoms with Crippen LogP contribution in [0.25, 0.3) is 0 Å². The lowest BCUT2D eigenvalue weighted by molar-refractivity contribution is -0.153. The molecular formula is C16H18N2O7S. The summed E-state index contributed by atoms with van der Waals surface area (Å²) in [5.74, 6) is -2.98. The van der Waals surface area contributed by atoms with E-state index in [0.29, 0.717) is 10.6 Å². The number of rotatable bonds is 6. The molecule has 0 unspecified atom stereocenters. The Morgan fingerprint density at radius 3 is 2.35 bits per heavy atom. The van der Waals surface area contributed by atoms with Crippen molar-refractivity contribution in [3.63, 3.8) is 0 Å². The number of carbonyl (C=O) groups is 5. The summed E-state index contributed by atoms with van der Waals surface area (Å²) < 4.78 is 9.50. The number of hydrogen-bond acceptors (Lipinski definition) is 8. The molecule has 1 saturated heterocycles. The second kappa shape index (κ2) is 8.09. The molecular weight excluding hydrogens is 364 g/mol. The van der Waals surface area contributed by atoms with Gasteiger partial charge in [0.15, 0.2) is 6.61 Å². The highest BCUT2D eigenvalue weighted by Crippen LogP contribution is 2.32. The molecule has 0 radical (unpaired) electrons. The van der Waals surface area contributed by atoms with Crippen molar-refractivity contribution in [1.82, 2.24) is 4.90 Å². The number of nitrogens with zero attached hydrogens (tertiary/aromatic N) is 1. The van der Waals surface area contributed by atoms with Crippen LogP contribution in [-0.4, -0.2) is 54.8 Å². The van der Waals surface area contributed by atoms with Crippen LogP contribution in [0.5, 0.6) is 0 Å². The van der Waals surface area contributed by atoms with E-state index in [4.69, 9.17) is 9.47 Å². The van der Waals surface area contributed by atoms with E-state index in [0.717, 1.165) is 9.78 Å². The van der Waals surface area contributed by atoms with Gasteiger partial charge in [0, 0.05) is 17.7 Å². The summed E-state index contributed by atoms with van der Waals surface area (Å²) in [6, 6.07) is 0. The first-order valence-electron chi connectivity index (χ1n) is 7.71. The average molecular weight is 382 g/mol. The first kappa shape index (κ1) is 19.6. The third-order valence-electron chi connectivity index (χ3n) is 3.83. The molecule has 1 aromatic heterocycles. The molecule has 1 aliphatic heterocycles. The standard InChI is InChI=1S/C16H18N2O7S/c1-8-9(2)26-15(14(8)16(23)24-3)17-10(19)7-25-13(22)6-18-11(20)4-5-12(18)21/h4-7H2,1-3H3,(H,17,19). The minimum Gasteiger partial charge on any atom is -0.465 e.